The average molecular weight is 446 g/mol. The van der Waals surface area contributed by atoms with E-state index in [1.54, 1.807) is 18.5 Å². The fraction of sp³-hybridized carbons (Fsp3) is 0.154. The molecule has 0 saturated heterocycles. The molecule has 5 nitrogen and oxygen atoms in total. The molecule has 0 aliphatic rings. The largest absolute Gasteiger partial charge is 0.384 e. The molecule has 0 fully saturated rings. The van der Waals surface area contributed by atoms with Gasteiger partial charge in [-0.2, -0.15) is 5.10 Å². The molecule has 0 aliphatic heterocycles. The molecular formula is C26H24ClN3O2. The number of amides is 1. The van der Waals surface area contributed by atoms with Crippen molar-refractivity contribution in [3.8, 4) is 28.1 Å². The van der Waals surface area contributed by atoms with Gasteiger partial charge in [0, 0.05) is 18.2 Å². The lowest BCUT2D eigenvalue weighted by molar-refractivity contribution is -0.114. The Morgan fingerprint density at radius 3 is 2.28 bits per heavy atom. The molecule has 4 aromatic rings. The van der Waals surface area contributed by atoms with Gasteiger partial charge in [0.1, 0.15) is 5.60 Å². The van der Waals surface area contributed by atoms with Crippen LogP contribution in [0.1, 0.15) is 26.5 Å². The Balaban J connectivity index is 1.75. The van der Waals surface area contributed by atoms with Gasteiger partial charge in [-0.05, 0) is 55.3 Å². The second-order valence-corrected chi connectivity index (χ2v) is 8.58. The Bertz CT molecular complexity index is 1270. The molecule has 6 heteroatoms. The number of carbonyl (C=O) groups is 1. The molecule has 1 heterocycles. The van der Waals surface area contributed by atoms with Crippen molar-refractivity contribution in [3.05, 3.63) is 89.6 Å². The fourth-order valence-corrected chi connectivity index (χ4v) is 3.72. The molecule has 0 spiro atoms. The number of aliphatic hydroxyl groups is 1. The molecule has 32 heavy (non-hydrogen) atoms. The SMILES string of the molecule is CC(=O)Nc1cccc(-c2ccc(-c3cc(C(C)(C)O)nn3-c3ccccc3Cl)cc2)c1. The molecule has 0 unspecified atom stereocenters. The van der Waals surface area contributed by atoms with Gasteiger partial charge < -0.3 is 10.4 Å². The molecule has 2 N–H and O–H groups in total. The Kier molecular flexibility index (Phi) is 5.87. The van der Waals surface area contributed by atoms with Gasteiger partial charge in [-0.1, -0.05) is 60.1 Å². The highest BCUT2D eigenvalue weighted by Crippen LogP contribution is 2.32. The monoisotopic (exact) mass is 445 g/mol. The summed E-state index contributed by atoms with van der Waals surface area (Å²) >= 11 is 6.44. The second kappa shape index (κ2) is 8.61. The zero-order chi connectivity index (χ0) is 22.9. The number of aromatic nitrogens is 2. The van der Waals surface area contributed by atoms with E-state index in [0.29, 0.717) is 10.7 Å². The second-order valence-electron chi connectivity index (χ2n) is 8.18. The van der Waals surface area contributed by atoms with Crippen LogP contribution in [0.15, 0.2) is 78.9 Å². The summed E-state index contributed by atoms with van der Waals surface area (Å²) in [5.41, 5.74) is 4.75. The number of hydrogen-bond donors (Lipinski definition) is 2. The molecule has 0 aliphatic carbocycles. The van der Waals surface area contributed by atoms with Crippen molar-refractivity contribution in [3.63, 3.8) is 0 Å². The molecule has 0 saturated carbocycles. The Morgan fingerprint density at radius 2 is 1.62 bits per heavy atom. The molecule has 1 amide bonds. The van der Waals surface area contributed by atoms with E-state index in [1.807, 2.05) is 78.9 Å². The van der Waals surface area contributed by atoms with E-state index >= 15 is 0 Å². The first kappa shape index (κ1) is 21.8. The third kappa shape index (κ3) is 4.59. The van der Waals surface area contributed by atoms with Crippen LogP contribution in [0.2, 0.25) is 5.02 Å². The summed E-state index contributed by atoms with van der Waals surface area (Å²) in [4.78, 5) is 11.4. The van der Waals surface area contributed by atoms with Crippen molar-refractivity contribution < 1.29 is 9.90 Å². The van der Waals surface area contributed by atoms with Crippen LogP contribution >= 0.6 is 11.6 Å². The van der Waals surface area contributed by atoms with Gasteiger partial charge in [0.25, 0.3) is 0 Å². The van der Waals surface area contributed by atoms with Crippen LogP contribution in [-0.4, -0.2) is 20.8 Å². The van der Waals surface area contributed by atoms with Crippen LogP contribution in [0.4, 0.5) is 5.69 Å². The number of anilines is 1. The number of nitrogens with one attached hydrogen (secondary N) is 1. The zero-order valence-corrected chi connectivity index (χ0v) is 18.9. The van der Waals surface area contributed by atoms with E-state index in [2.05, 4.69) is 10.4 Å². The number of hydrogen-bond acceptors (Lipinski definition) is 3. The summed E-state index contributed by atoms with van der Waals surface area (Å²) in [6, 6.07) is 25.2. The van der Waals surface area contributed by atoms with Gasteiger partial charge in [0.15, 0.2) is 0 Å². The highest BCUT2D eigenvalue weighted by atomic mass is 35.5. The maximum Gasteiger partial charge on any atom is 0.221 e. The molecule has 162 valence electrons. The topological polar surface area (TPSA) is 67.2 Å². The third-order valence-corrected chi connectivity index (χ3v) is 5.43. The maximum atomic E-state index is 11.4. The highest BCUT2D eigenvalue weighted by Gasteiger charge is 2.23. The van der Waals surface area contributed by atoms with E-state index in [9.17, 15) is 9.90 Å². The number of benzene rings is 3. The van der Waals surface area contributed by atoms with Gasteiger partial charge >= 0.3 is 0 Å². The van der Waals surface area contributed by atoms with Gasteiger partial charge in [0.2, 0.25) is 5.91 Å². The van der Waals surface area contributed by atoms with E-state index in [0.717, 1.165) is 33.8 Å². The van der Waals surface area contributed by atoms with Crippen LogP contribution in [0, 0.1) is 0 Å². The first-order valence-electron chi connectivity index (χ1n) is 10.3. The number of halogens is 1. The van der Waals surface area contributed by atoms with Crippen molar-refractivity contribution in [1.82, 2.24) is 9.78 Å². The smallest absolute Gasteiger partial charge is 0.221 e. The number of para-hydroxylation sites is 1. The van der Waals surface area contributed by atoms with Gasteiger partial charge in [-0.25, -0.2) is 4.68 Å². The van der Waals surface area contributed by atoms with Gasteiger partial charge in [-0.3, -0.25) is 4.79 Å². The molecular weight excluding hydrogens is 422 g/mol. The van der Waals surface area contributed by atoms with E-state index in [-0.39, 0.29) is 5.91 Å². The number of rotatable bonds is 5. The summed E-state index contributed by atoms with van der Waals surface area (Å²) in [5.74, 6) is -0.104. The molecule has 3 aromatic carbocycles. The van der Waals surface area contributed by atoms with Crippen molar-refractivity contribution >= 4 is 23.2 Å². The first-order chi connectivity index (χ1) is 15.2. The van der Waals surface area contributed by atoms with E-state index in [1.165, 1.54) is 6.92 Å². The van der Waals surface area contributed by atoms with Crippen molar-refractivity contribution in [2.45, 2.75) is 26.4 Å². The predicted molar refractivity (Wildman–Crippen MR) is 129 cm³/mol. The predicted octanol–water partition coefficient (Wildman–Crippen LogP) is 6.05. The van der Waals surface area contributed by atoms with Crippen LogP contribution in [0.3, 0.4) is 0 Å². The van der Waals surface area contributed by atoms with Crippen LogP contribution < -0.4 is 5.32 Å². The lowest BCUT2D eigenvalue weighted by Gasteiger charge is -2.13. The van der Waals surface area contributed by atoms with Crippen LogP contribution in [0.5, 0.6) is 0 Å². The Labute approximate surface area is 192 Å². The molecule has 1 aromatic heterocycles. The average Bonchev–Trinajstić information content (AvgIpc) is 3.20. The first-order valence-corrected chi connectivity index (χ1v) is 10.7. The lowest BCUT2D eigenvalue weighted by Crippen LogP contribution is -2.16. The van der Waals surface area contributed by atoms with Crippen molar-refractivity contribution in [1.29, 1.82) is 0 Å². The lowest BCUT2D eigenvalue weighted by atomic mass is 10.0. The number of nitrogens with zero attached hydrogens (tertiary/aromatic N) is 2. The van der Waals surface area contributed by atoms with E-state index < -0.39 is 5.60 Å². The Morgan fingerprint density at radius 1 is 0.938 bits per heavy atom. The summed E-state index contributed by atoms with van der Waals surface area (Å²) in [5, 5.41) is 18.6. The summed E-state index contributed by atoms with van der Waals surface area (Å²) < 4.78 is 1.77. The Hall–Kier alpha value is -3.41. The van der Waals surface area contributed by atoms with Crippen molar-refractivity contribution in [2.24, 2.45) is 0 Å². The minimum Gasteiger partial charge on any atom is -0.384 e. The number of carbonyl (C=O) groups excluding carboxylic acids is 1. The van der Waals surface area contributed by atoms with E-state index in [4.69, 9.17) is 11.6 Å². The van der Waals surface area contributed by atoms with Gasteiger partial charge in [0.05, 0.1) is 22.1 Å². The van der Waals surface area contributed by atoms with Crippen molar-refractivity contribution in [2.75, 3.05) is 5.32 Å². The normalized spacial score (nSPS) is 11.4. The molecule has 0 radical (unpaired) electrons. The minimum absolute atomic E-state index is 0.104. The van der Waals surface area contributed by atoms with Gasteiger partial charge in [-0.15, -0.1) is 0 Å². The summed E-state index contributed by atoms with van der Waals surface area (Å²) in [6.07, 6.45) is 0. The molecule has 0 atom stereocenters. The molecule has 4 rings (SSSR count). The molecule has 0 bridgehead atoms. The summed E-state index contributed by atoms with van der Waals surface area (Å²) in [7, 11) is 0. The third-order valence-electron chi connectivity index (χ3n) is 5.11. The quantitative estimate of drug-likeness (QED) is 0.393. The minimum atomic E-state index is -1.09. The van der Waals surface area contributed by atoms with Crippen LogP contribution in [0.25, 0.3) is 28.1 Å². The fourth-order valence-electron chi connectivity index (χ4n) is 3.51. The highest BCUT2D eigenvalue weighted by molar-refractivity contribution is 6.32. The summed E-state index contributed by atoms with van der Waals surface area (Å²) in [6.45, 7) is 4.91. The maximum absolute atomic E-state index is 11.4. The zero-order valence-electron chi connectivity index (χ0n) is 18.1. The van der Waals surface area contributed by atoms with Crippen LogP contribution in [-0.2, 0) is 10.4 Å². The standard InChI is InChI=1S/C26H24ClN3O2/c1-17(31)28-21-8-6-7-20(15-21)18-11-13-19(14-12-18)24-16-25(26(2,3)32)29-30(24)23-10-5-4-9-22(23)27/h4-16,32H,1-3H3,(H,28,31).